The Morgan fingerprint density at radius 1 is 0.557 bits per heavy atom. The number of hydrogen-bond donors (Lipinski definition) is 1. The molecule has 0 aliphatic carbocycles. The molecule has 0 bridgehead atoms. The van der Waals surface area contributed by atoms with Gasteiger partial charge in [-0.25, -0.2) is 4.98 Å². The van der Waals surface area contributed by atoms with Gasteiger partial charge in [0.15, 0.2) is 0 Å². The Bertz CT molecular complexity index is 2880. The minimum Gasteiger partial charge on any atom is -0.507 e. The molecule has 5 heteroatoms. The second kappa shape index (κ2) is 16.4. The molecule has 0 spiro atoms. The first-order valence-corrected chi connectivity index (χ1v) is 21.0. The summed E-state index contributed by atoms with van der Waals surface area (Å²) in [6.45, 7) is 24.3. The van der Waals surface area contributed by atoms with Gasteiger partial charge in [-0.1, -0.05) is 158 Å². The van der Waals surface area contributed by atoms with Crippen molar-refractivity contribution in [1.82, 2.24) is 14.5 Å². The van der Waals surface area contributed by atoms with Crippen molar-refractivity contribution < 1.29 is 26.2 Å². The van der Waals surface area contributed by atoms with Crippen LogP contribution in [-0.4, -0.2) is 19.6 Å². The van der Waals surface area contributed by atoms with Crippen LogP contribution in [0.5, 0.6) is 5.75 Å². The van der Waals surface area contributed by atoms with E-state index >= 15 is 0 Å². The van der Waals surface area contributed by atoms with E-state index in [1.165, 1.54) is 22.3 Å². The summed E-state index contributed by atoms with van der Waals surface area (Å²) < 4.78 is 2.26. The van der Waals surface area contributed by atoms with Crippen molar-refractivity contribution in [3.8, 4) is 67.5 Å². The van der Waals surface area contributed by atoms with Gasteiger partial charge in [-0.05, 0) is 105 Å². The normalized spacial score (nSPS) is 12.1. The van der Waals surface area contributed by atoms with Crippen molar-refractivity contribution in [3.05, 3.63) is 167 Å². The van der Waals surface area contributed by atoms with Crippen molar-refractivity contribution >= 4 is 11.0 Å². The smallest absolute Gasteiger partial charge is 0.148 e. The van der Waals surface area contributed by atoms with E-state index in [0.717, 1.165) is 66.9 Å². The molecule has 0 aliphatic rings. The third kappa shape index (κ3) is 8.66. The van der Waals surface area contributed by atoms with Gasteiger partial charge in [0.2, 0.25) is 0 Å². The number of imidazole rings is 1. The number of fused-ring (bicyclic) bond motifs is 1. The molecule has 0 unspecified atom stereocenters. The minimum atomic E-state index is -0.212. The van der Waals surface area contributed by atoms with Crippen LogP contribution >= 0.6 is 0 Å². The van der Waals surface area contributed by atoms with Crippen LogP contribution in [0.25, 0.3) is 72.7 Å². The molecule has 0 saturated heterocycles. The van der Waals surface area contributed by atoms with Gasteiger partial charge in [0.1, 0.15) is 11.6 Å². The molecule has 0 atom stereocenters. The number of para-hydroxylation sites is 1. The zero-order chi connectivity index (χ0) is 42.7. The molecule has 0 fully saturated rings. The van der Waals surface area contributed by atoms with E-state index in [0.29, 0.717) is 11.4 Å². The maximum absolute atomic E-state index is 11.8. The first-order valence-electron chi connectivity index (χ1n) is 21.0. The summed E-state index contributed by atoms with van der Waals surface area (Å²) in [4.78, 5) is 10.4. The summed E-state index contributed by atoms with van der Waals surface area (Å²) in [6, 6.07) is 49.2. The van der Waals surface area contributed by atoms with Crippen LogP contribution in [0.15, 0.2) is 134 Å². The number of aryl methyl sites for hydroxylation is 2. The van der Waals surface area contributed by atoms with Gasteiger partial charge >= 0.3 is 0 Å². The quantitative estimate of drug-likeness (QED) is 0.169. The first kappa shape index (κ1) is 43.5. The largest absolute Gasteiger partial charge is 0.507 e. The number of nitrogens with zero attached hydrogens (tertiary/aromatic N) is 3. The van der Waals surface area contributed by atoms with E-state index in [1.54, 1.807) is 0 Å². The predicted molar refractivity (Wildman–Crippen MR) is 252 cm³/mol. The summed E-state index contributed by atoms with van der Waals surface area (Å²) in [5, 5.41) is 11.8. The second-order valence-corrected chi connectivity index (χ2v) is 19.5. The molecule has 0 radical (unpaired) electrons. The van der Waals surface area contributed by atoms with Gasteiger partial charge in [0.25, 0.3) is 0 Å². The SMILES string of the molecule is Cc1cc(C)c(O)c(-c2nc3c(-c4[c-]c(-c5cc(-c6ccc(C(C)(C)C)cc6)ccn5)cc(C(C)(C)C)c4)cccc3n2-c2ccc(-c3ccccc3)cc2C(C)(C)C)c1.[Pt]. The number of aromatic hydroxyl groups is 1. The molecule has 312 valence electrons. The van der Waals surface area contributed by atoms with Gasteiger partial charge in [-0.3, -0.25) is 9.55 Å². The third-order valence-corrected chi connectivity index (χ3v) is 11.7. The average molecular weight is 982 g/mol. The van der Waals surface area contributed by atoms with Crippen LogP contribution in [0.4, 0.5) is 0 Å². The fourth-order valence-corrected chi connectivity index (χ4v) is 8.22. The molecule has 8 rings (SSSR count). The van der Waals surface area contributed by atoms with Gasteiger partial charge in [0.05, 0.1) is 22.3 Å². The van der Waals surface area contributed by atoms with E-state index in [1.807, 2.05) is 19.2 Å². The summed E-state index contributed by atoms with van der Waals surface area (Å²) >= 11 is 0. The maximum atomic E-state index is 11.8. The van der Waals surface area contributed by atoms with Crippen LogP contribution in [0, 0.1) is 19.9 Å². The molecule has 61 heavy (non-hydrogen) atoms. The molecular formula is C56H56N3OPt-. The second-order valence-electron chi connectivity index (χ2n) is 19.5. The van der Waals surface area contributed by atoms with E-state index < -0.39 is 0 Å². The standard InChI is InChI=1S/C56H56N3O.Pt/c1-35-28-36(2)52(60)46(29-35)53-58-51-45(18-15-19-50(51)59(53)49-25-22-39(33-47(49)56(9,10)11)37-16-13-12-14-17-37)41-30-42(32-44(31-41)55(6,7)8)48-34-40(26-27-57-48)38-20-23-43(24-21-38)54(3,4)5;/h12-29,31-34,60H,1-11H3;/q-1;. The first-order chi connectivity index (χ1) is 28.4. The number of hydrogen-bond acceptors (Lipinski definition) is 3. The van der Waals surface area contributed by atoms with Crippen LogP contribution < -0.4 is 0 Å². The Morgan fingerprint density at radius 2 is 1.20 bits per heavy atom. The number of aromatic nitrogens is 3. The molecule has 1 N–H and O–H groups in total. The fraction of sp³-hybridized carbons (Fsp3) is 0.250. The Morgan fingerprint density at radius 3 is 1.87 bits per heavy atom. The third-order valence-electron chi connectivity index (χ3n) is 11.7. The molecule has 2 aromatic heterocycles. The van der Waals surface area contributed by atoms with Crippen molar-refractivity contribution in [2.24, 2.45) is 0 Å². The zero-order valence-electron chi connectivity index (χ0n) is 37.3. The van der Waals surface area contributed by atoms with Crippen LogP contribution in [0.3, 0.4) is 0 Å². The van der Waals surface area contributed by atoms with Gasteiger partial charge in [0, 0.05) is 33.0 Å². The maximum Gasteiger partial charge on any atom is 0.148 e. The Balaban J connectivity index is 0.00000561. The zero-order valence-corrected chi connectivity index (χ0v) is 39.6. The van der Waals surface area contributed by atoms with Gasteiger partial charge in [-0.2, -0.15) is 0 Å². The van der Waals surface area contributed by atoms with Crippen molar-refractivity contribution in [2.45, 2.75) is 92.4 Å². The van der Waals surface area contributed by atoms with Gasteiger partial charge < -0.3 is 5.11 Å². The molecule has 8 aromatic rings. The van der Waals surface area contributed by atoms with E-state index in [2.05, 4.69) is 201 Å². The van der Waals surface area contributed by atoms with Gasteiger partial charge in [-0.15, -0.1) is 29.3 Å². The Hall–Kier alpha value is -5.57. The predicted octanol–water partition coefficient (Wildman–Crippen LogP) is 14.8. The fourth-order valence-electron chi connectivity index (χ4n) is 8.22. The number of benzene rings is 6. The molecular weight excluding hydrogens is 926 g/mol. The van der Waals surface area contributed by atoms with Crippen LogP contribution in [0.2, 0.25) is 0 Å². The number of phenols is 1. The van der Waals surface area contributed by atoms with Crippen molar-refractivity contribution in [3.63, 3.8) is 0 Å². The molecule has 0 amide bonds. The number of rotatable bonds is 6. The topological polar surface area (TPSA) is 50.9 Å². The summed E-state index contributed by atoms with van der Waals surface area (Å²) in [5.41, 5.74) is 17.1. The van der Waals surface area contributed by atoms with Crippen LogP contribution in [-0.2, 0) is 37.3 Å². The molecule has 6 aromatic carbocycles. The average Bonchev–Trinajstić information content (AvgIpc) is 3.61. The molecule has 0 saturated carbocycles. The van der Waals surface area contributed by atoms with Crippen LogP contribution in [0.1, 0.15) is 90.1 Å². The summed E-state index contributed by atoms with van der Waals surface area (Å²) in [7, 11) is 0. The van der Waals surface area contributed by atoms with Crippen molar-refractivity contribution in [2.75, 3.05) is 0 Å². The monoisotopic (exact) mass is 981 g/mol. The Labute approximate surface area is 377 Å². The molecule has 0 aliphatic heterocycles. The van der Waals surface area contributed by atoms with E-state index in [-0.39, 0.29) is 43.1 Å². The summed E-state index contributed by atoms with van der Waals surface area (Å²) in [5.74, 6) is 0.929. The number of pyridine rings is 1. The number of phenolic OH excluding ortho intramolecular Hbond substituents is 1. The summed E-state index contributed by atoms with van der Waals surface area (Å²) in [6.07, 6.45) is 1.90. The minimum absolute atomic E-state index is 0. The van der Waals surface area contributed by atoms with E-state index in [4.69, 9.17) is 9.97 Å². The van der Waals surface area contributed by atoms with Crippen molar-refractivity contribution in [1.29, 1.82) is 0 Å². The Kier molecular flexibility index (Phi) is 11.7. The molecule has 2 heterocycles. The molecule has 4 nitrogen and oxygen atoms in total. The van der Waals surface area contributed by atoms with E-state index in [9.17, 15) is 5.11 Å².